The zero-order valence-electron chi connectivity index (χ0n) is 13.0. The molecule has 0 fully saturated rings. The molecule has 0 N–H and O–H groups in total. The Hall–Kier alpha value is -3.12. The van der Waals surface area contributed by atoms with Gasteiger partial charge in [0.25, 0.3) is 0 Å². The third-order valence-corrected chi connectivity index (χ3v) is 4.07. The van der Waals surface area contributed by atoms with Crippen LogP contribution < -0.4 is 4.74 Å². The number of furan rings is 1. The summed E-state index contributed by atoms with van der Waals surface area (Å²) in [6, 6.07) is 12.1. The van der Waals surface area contributed by atoms with Crippen LogP contribution in [0.2, 0.25) is 5.02 Å². The molecule has 4 rings (SSSR count). The first-order valence-electron chi connectivity index (χ1n) is 7.40. The minimum absolute atomic E-state index is 0.129. The summed E-state index contributed by atoms with van der Waals surface area (Å²) >= 11 is 6.11. The number of nitrogens with zero attached hydrogens (tertiary/aromatic N) is 2. The molecule has 2 aromatic carbocycles. The molecule has 0 spiro atoms. The fraction of sp³-hybridized carbons (Fsp3) is 0.0556. The normalized spacial score (nSPS) is 11.0. The van der Waals surface area contributed by atoms with Crippen LogP contribution in [0.1, 0.15) is 16.1 Å². The number of hydrogen-bond acceptors (Lipinski definition) is 6. The molecule has 7 heteroatoms. The van der Waals surface area contributed by atoms with Crippen LogP contribution >= 0.6 is 11.6 Å². The van der Waals surface area contributed by atoms with E-state index in [0.29, 0.717) is 27.8 Å². The molecule has 0 aliphatic heterocycles. The van der Waals surface area contributed by atoms with Crippen molar-refractivity contribution in [3.63, 3.8) is 0 Å². The third kappa shape index (κ3) is 2.77. The zero-order valence-corrected chi connectivity index (χ0v) is 13.8. The van der Waals surface area contributed by atoms with Crippen molar-refractivity contribution in [2.75, 3.05) is 0 Å². The number of benzene rings is 2. The summed E-state index contributed by atoms with van der Waals surface area (Å²) in [5, 5.41) is 8.67. The number of ether oxygens (including phenoxy) is 1. The van der Waals surface area contributed by atoms with Gasteiger partial charge in [0.2, 0.25) is 18.0 Å². The van der Waals surface area contributed by atoms with Crippen LogP contribution in [0.25, 0.3) is 22.4 Å². The SMILES string of the molecule is Cc1c(C(=O)Oc2ccc(-c3nnco3)cc2)oc2c(Cl)cccc12. The van der Waals surface area contributed by atoms with E-state index in [9.17, 15) is 4.79 Å². The fourth-order valence-electron chi connectivity index (χ4n) is 2.52. The van der Waals surface area contributed by atoms with E-state index < -0.39 is 5.97 Å². The van der Waals surface area contributed by atoms with Gasteiger partial charge in [-0.25, -0.2) is 4.79 Å². The van der Waals surface area contributed by atoms with E-state index in [1.165, 1.54) is 6.39 Å². The molecular formula is C18H11ClN2O4. The van der Waals surface area contributed by atoms with Crippen molar-refractivity contribution in [3.8, 4) is 17.2 Å². The van der Waals surface area contributed by atoms with Gasteiger partial charge < -0.3 is 13.6 Å². The van der Waals surface area contributed by atoms with Gasteiger partial charge in [0, 0.05) is 16.5 Å². The molecule has 25 heavy (non-hydrogen) atoms. The predicted octanol–water partition coefficient (Wildman–Crippen LogP) is 4.66. The van der Waals surface area contributed by atoms with Crippen LogP contribution in [-0.2, 0) is 0 Å². The Morgan fingerprint density at radius 1 is 1.16 bits per heavy atom. The van der Waals surface area contributed by atoms with Crippen LogP contribution in [0.3, 0.4) is 0 Å². The predicted molar refractivity (Wildman–Crippen MR) is 90.7 cm³/mol. The van der Waals surface area contributed by atoms with E-state index in [2.05, 4.69) is 10.2 Å². The first-order chi connectivity index (χ1) is 12.1. The fourth-order valence-corrected chi connectivity index (χ4v) is 2.73. The van der Waals surface area contributed by atoms with Crippen LogP contribution in [0, 0.1) is 6.92 Å². The summed E-state index contributed by atoms with van der Waals surface area (Å²) in [6.07, 6.45) is 1.25. The Morgan fingerprint density at radius 3 is 2.64 bits per heavy atom. The van der Waals surface area contributed by atoms with Gasteiger partial charge in [0.1, 0.15) is 5.75 Å². The number of rotatable bonds is 3. The Bertz CT molecular complexity index is 1050. The van der Waals surface area contributed by atoms with Gasteiger partial charge in [-0.2, -0.15) is 0 Å². The van der Waals surface area contributed by atoms with E-state index in [4.69, 9.17) is 25.2 Å². The van der Waals surface area contributed by atoms with Crippen molar-refractivity contribution >= 4 is 28.5 Å². The molecule has 6 nitrogen and oxygen atoms in total. The molecule has 2 aromatic heterocycles. The van der Waals surface area contributed by atoms with Crippen molar-refractivity contribution in [2.24, 2.45) is 0 Å². The van der Waals surface area contributed by atoms with E-state index in [-0.39, 0.29) is 5.76 Å². The van der Waals surface area contributed by atoms with Crippen LogP contribution in [0.15, 0.2) is 57.7 Å². The van der Waals surface area contributed by atoms with Gasteiger partial charge in [-0.15, -0.1) is 10.2 Å². The minimum atomic E-state index is -0.588. The van der Waals surface area contributed by atoms with Crippen LogP contribution in [-0.4, -0.2) is 16.2 Å². The molecular weight excluding hydrogens is 344 g/mol. The average Bonchev–Trinajstić information content (AvgIpc) is 3.25. The van der Waals surface area contributed by atoms with Crippen molar-refractivity contribution < 1.29 is 18.4 Å². The van der Waals surface area contributed by atoms with Crippen LogP contribution in [0.5, 0.6) is 5.75 Å². The Morgan fingerprint density at radius 2 is 1.96 bits per heavy atom. The molecule has 0 aliphatic rings. The second-order valence-corrected chi connectivity index (χ2v) is 5.74. The molecule has 124 valence electrons. The first-order valence-corrected chi connectivity index (χ1v) is 7.77. The summed E-state index contributed by atoms with van der Waals surface area (Å²) < 4.78 is 16.1. The number of fused-ring (bicyclic) bond motifs is 1. The van der Waals surface area contributed by atoms with E-state index >= 15 is 0 Å². The lowest BCUT2D eigenvalue weighted by atomic mass is 10.1. The van der Waals surface area contributed by atoms with E-state index in [0.717, 1.165) is 10.9 Å². The molecule has 2 heterocycles. The lowest BCUT2D eigenvalue weighted by molar-refractivity contribution is 0.0703. The second-order valence-electron chi connectivity index (χ2n) is 5.33. The summed E-state index contributed by atoms with van der Waals surface area (Å²) in [5.41, 5.74) is 1.88. The Kier molecular flexibility index (Phi) is 3.74. The number of esters is 1. The largest absolute Gasteiger partial charge is 0.447 e. The maximum atomic E-state index is 12.4. The number of para-hydroxylation sites is 1. The van der Waals surface area contributed by atoms with E-state index in [1.54, 1.807) is 43.3 Å². The summed E-state index contributed by atoms with van der Waals surface area (Å²) in [7, 11) is 0. The third-order valence-electron chi connectivity index (χ3n) is 3.77. The molecule has 0 aliphatic carbocycles. The number of aryl methyl sites for hydroxylation is 1. The number of carbonyl (C=O) groups is 1. The molecule has 0 radical (unpaired) electrons. The average molecular weight is 355 g/mol. The Labute approximate surface area is 147 Å². The number of aromatic nitrogens is 2. The minimum Gasteiger partial charge on any atom is -0.447 e. The molecule has 0 bridgehead atoms. The quantitative estimate of drug-likeness (QED) is 0.393. The van der Waals surface area contributed by atoms with Gasteiger partial charge in [-0.05, 0) is 37.3 Å². The molecule has 0 atom stereocenters. The van der Waals surface area contributed by atoms with Gasteiger partial charge >= 0.3 is 5.97 Å². The highest BCUT2D eigenvalue weighted by Crippen LogP contribution is 2.31. The lowest BCUT2D eigenvalue weighted by Gasteiger charge is -2.03. The number of hydrogen-bond donors (Lipinski definition) is 0. The number of carbonyl (C=O) groups excluding carboxylic acids is 1. The zero-order chi connectivity index (χ0) is 17.4. The first kappa shape index (κ1) is 15.4. The van der Waals surface area contributed by atoms with Crippen molar-refractivity contribution in [3.05, 3.63) is 65.2 Å². The van der Waals surface area contributed by atoms with Crippen molar-refractivity contribution in [1.82, 2.24) is 10.2 Å². The Balaban J connectivity index is 1.60. The lowest BCUT2D eigenvalue weighted by Crippen LogP contribution is -2.08. The molecule has 0 unspecified atom stereocenters. The van der Waals surface area contributed by atoms with E-state index in [1.807, 2.05) is 6.07 Å². The standard InChI is InChI=1S/C18H11ClN2O4/c1-10-13-3-2-4-14(19)16(13)25-15(10)18(22)24-12-7-5-11(6-8-12)17-21-20-9-23-17/h2-9H,1H3. The maximum absolute atomic E-state index is 12.4. The van der Waals surface area contributed by atoms with Gasteiger partial charge in [-0.1, -0.05) is 23.7 Å². The highest BCUT2D eigenvalue weighted by atomic mass is 35.5. The number of halogens is 1. The molecule has 0 amide bonds. The van der Waals surface area contributed by atoms with Crippen molar-refractivity contribution in [1.29, 1.82) is 0 Å². The van der Waals surface area contributed by atoms with Gasteiger partial charge in [0.05, 0.1) is 5.02 Å². The molecule has 0 saturated carbocycles. The summed E-state index contributed by atoms with van der Waals surface area (Å²) in [5.74, 6) is 0.305. The van der Waals surface area contributed by atoms with Crippen molar-refractivity contribution in [2.45, 2.75) is 6.92 Å². The molecule has 4 aromatic rings. The second kappa shape index (κ2) is 6.07. The molecule has 0 saturated heterocycles. The summed E-state index contributed by atoms with van der Waals surface area (Å²) in [6.45, 7) is 1.79. The highest BCUT2D eigenvalue weighted by Gasteiger charge is 2.21. The maximum Gasteiger partial charge on any atom is 0.379 e. The smallest absolute Gasteiger partial charge is 0.379 e. The topological polar surface area (TPSA) is 78.4 Å². The monoisotopic (exact) mass is 354 g/mol. The van der Waals surface area contributed by atoms with Gasteiger partial charge in [0.15, 0.2) is 5.58 Å². The summed E-state index contributed by atoms with van der Waals surface area (Å²) in [4.78, 5) is 12.4. The highest BCUT2D eigenvalue weighted by molar-refractivity contribution is 6.35. The van der Waals surface area contributed by atoms with Gasteiger partial charge in [-0.3, -0.25) is 0 Å². The van der Waals surface area contributed by atoms with Crippen LogP contribution in [0.4, 0.5) is 0 Å².